The van der Waals surface area contributed by atoms with Gasteiger partial charge in [0, 0.05) is 4.47 Å². The van der Waals surface area contributed by atoms with Crippen molar-refractivity contribution in [1.82, 2.24) is 0 Å². The molecule has 1 nitrogen and oxygen atoms in total. The molecule has 1 aromatic rings. The van der Waals surface area contributed by atoms with Crippen LogP contribution in [0.2, 0.25) is 16.6 Å². The first-order valence-electron chi connectivity index (χ1n) is 8.99. The van der Waals surface area contributed by atoms with Crippen molar-refractivity contribution in [1.29, 1.82) is 0 Å². The Bertz CT molecular complexity index is 539. The number of halogens is 1. The van der Waals surface area contributed by atoms with Gasteiger partial charge in [-0.1, -0.05) is 88.3 Å². The molecule has 0 aliphatic heterocycles. The molecule has 0 aliphatic rings. The van der Waals surface area contributed by atoms with Crippen LogP contribution in [0.25, 0.3) is 0 Å². The van der Waals surface area contributed by atoms with Crippen LogP contribution in [0.3, 0.4) is 0 Å². The third-order valence-electron chi connectivity index (χ3n) is 4.86. The van der Waals surface area contributed by atoms with E-state index in [0.717, 1.165) is 18.6 Å². The van der Waals surface area contributed by atoms with Crippen LogP contribution in [-0.4, -0.2) is 8.32 Å². The summed E-state index contributed by atoms with van der Waals surface area (Å²) in [5.74, 6) is 0.824. The van der Waals surface area contributed by atoms with Gasteiger partial charge in [-0.15, -0.1) is 0 Å². The summed E-state index contributed by atoms with van der Waals surface area (Å²) in [5.41, 5.74) is 3.05. The fourth-order valence-corrected chi connectivity index (χ4v) is 9.48. The van der Waals surface area contributed by atoms with Crippen LogP contribution >= 0.6 is 15.9 Å². The van der Waals surface area contributed by atoms with Gasteiger partial charge < -0.3 is 4.43 Å². The van der Waals surface area contributed by atoms with E-state index in [1.165, 1.54) is 10.0 Å². The Labute approximate surface area is 158 Å². The maximum absolute atomic E-state index is 6.55. The Hall–Kier alpha value is -0.803. The largest absolute Gasteiger partial charge is 0.543 e. The van der Waals surface area contributed by atoms with Crippen molar-refractivity contribution >= 4 is 24.2 Å². The van der Waals surface area contributed by atoms with Crippen LogP contribution in [0.1, 0.15) is 53.5 Å². The van der Waals surface area contributed by atoms with Crippen molar-refractivity contribution in [3.8, 4) is 0 Å². The predicted molar refractivity (Wildman–Crippen MR) is 113 cm³/mol. The zero-order valence-electron chi connectivity index (χ0n) is 16.1. The van der Waals surface area contributed by atoms with Crippen LogP contribution in [0.15, 0.2) is 53.2 Å². The third kappa shape index (κ3) is 5.35. The van der Waals surface area contributed by atoms with E-state index in [4.69, 9.17) is 4.43 Å². The predicted octanol–water partition coefficient (Wildman–Crippen LogP) is 7.64. The molecule has 0 aliphatic carbocycles. The molecule has 0 saturated heterocycles. The van der Waals surface area contributed by atoms with Gasteiger partial charge in [-0.25, -0.2) is 0 Å². The van der Waals surface area contributed by atoms with Crippen LogP contribution in [0.5, 0.6) is 0 Å². The van der Waals surface area contributed by atoms with Gasteiger partial charge in [0.05, 0.1) is 5.76 Å². The number of benzene rings is 1. The lowest BCUT2D eigenvalue weighted by Gasteiger charge is -2.42. The maximum atomic E-state index is 6.55. The number of rotatable bonds is 9. The molecule has 0 bridgehead atoms. The average molecular weight is 409 g/mol. The molecule has 0 fully saturated rings. The molecule has 24 heavy (non-hydrogen) atoms. The third-order valence-corrected chi connectivity index (χ3v) is 11.7. The highest BCUT2D eigenvalue weighted by atomic mass is 79.9. The Morgan fingerprint density at radius 3 is 2.12 bits per heavy atom. The number of aryl methyl sites for hydroxylation is 1. The minimum Gasteiger partial charge on any atom is -0.543 e. The van der Waals surface area contributed by atoms with E-state index < -0.39 is 8.32 Å². The summed E-state index contributed by atoms with van der Waals surface area (Å²) in [6.45, 7) is 18.0. The first kappa shape index (κ1) is 21.2. The van der Waals surface area contributed by atoms with Gasteiger partial charge in [0.1, 0.15) is 0 Å². The average Bonchev–Trinajstić information content (AvgIpc) is 2.49. The highest BCUT2D eigenvalue weighted by molar-refractivity contribution is 9.10. The summed E-state index contributed by atoms with van der Waals surface area (Å²) in [7, 11) is -1.88. The highest BCUT2D eigenvalue weighted by Crippen LogP contribution is 2.43. The van der Waals surface area contributed by atoms with E-state index in [1.54, 1.807) is 0 Å². The monoisotopic (exact) mass is 408 g/mol. The van der Waals surface area contributed by atoms with Crippen molar-refractivity contribution in [3.63, 3.8) is 0 Å². The molecule has 0 heterocycles. The van der Waals surface area contributed by atoms with Crippen molar-refractivity contribution in [2.75, 3.05) is 0 Å². The molecule has 134 valence electrons. The lowest BCUT2D eigenvalue weighted by molar-refractivity contribution is 0.388. The SMILES string of the molecule is C=C(/C=C/CCc1ccccc1Br)O[Si](C(C)C)(C(C)C)C(C)C. The molecule has 0 saturated carbocycles. The summed E-state index contributed by atoms with van der Waals surface area (Å²) < 4.78 is 7.73. The van der Waals surface area contributed by atoms with Crippen LogP contribution in [0, 0.1) is 0 Å². The van der Waals surface area contributed by atoms with E-state index in [9.17, 15) is 0 Å². The van der Waals surface area contributed by atoms with Gasteiger partial charge in [0.25, 0.3) is 8.32 Å². The van der Waals surface area contributed by atoms with Crippen molar-refractivity contribution < 1.29 is 4.43 Å². The molecular weight excluding hydrogens is 376 g/mol. The molecule has 1 aromatic carbocycles. The molecule has 0 spiro atoms. The molecule has 0 unspecified atom stereocenters. The quantitative estimate of drug-likeness (QED) is 0.231. The molecule has 0 N–H and O–H groups in total. The second-order valence-corrected chi connectivity index (χ2v) is 13.6. The topological polar surface area (TPSA) is 9.23 Å². The number of allylic oxidation sites excluding steroid dienone is 2. The number of hydrogen-bond acceptors (Lipinski definition) is 1. The molecule has 0 amide bonds. The second kappa shape index (κ2) is 9.62. The fourth-order valence-electron chi connectivity index (χ4n) is 3.77. The van der Waals surface area contributed by atoms with E-state index in [2.05, 4.69) is 94.4 Å². The van der Waals surface area contributed by atoms with Gasteiger partial charge in [-0.05, 0) is 47.2 Å². The van der Waals surface area contributed by atoms with Crippen molar-refractivity contribution in [2.24, 2.45) is 0 Å². The Balaban J connectivity index is 2.68. The maximum Gasteiger partial charge on any atom is 0.258 e. The molecule has 1 rings (SSSR count). The second-order valence-electron chi connectivity index (χ2n) is 7.42. The molecule has 0 radical (unpaired) electrons. The van der Waals surface area contributed by atoms with E-state index >= 15 is 0 Å². The molecule has 3 heteroatoms. The zero-order chi connectivity index (χ0) is 18.3. The summed E-state index contributed by atoms with van der Waals surface area (Å²) in [4.78, 5) is 0. The normalized spacial score (nSPS) is 12.6. The minimum atomic E-state index is -1.88. The Morgan fingerprint density at radius 2 is 1.62 bits per heavy atom. The summed E-state index contributed by atoms with van der Waals surface area (Å²) in [6.07, 6.45) is 6.25. The molecular formula is C21H33BrOSi. The first-order valence-corrected chi connectivity index (χ1v) is 11.9. The summed E-state index contributed by atoms with van der Waals surface area (Å²) in [6, 6.07) is 8.39. The summed E-state index contributed by atoms with van der Waals surface area (Å²) in [5, 5.41) is 0. The van der Waals surface area contributed by atoms with Crippen molar-refractivity contribution in [2.45, 2.75) is 71.0 Å². The molecule has 0 atom stereocenters. The first-order chi connectivity index (χ1) is 11.2. The Morgan fingerprint density at radius 1 is 1.08 bits per heavy atom. The van der Waals surface area contributed by atoms with E-state index in [-0.39, 0.29) is 0 Å². The van der Waals surface area contributed by atoms with Gasteiger partial charge in [0.15, 0.2) is 0 Å². The van der Waals surface area contributed by atoms with E-state index in [0.29, 0.717) is 16.6 Å². The Kier molecular flexibility index (Phi) is 8.51. The van der Waals surface area contributed by atoms with Gasteiger partial charge in [0.2, 0.25) is 0 Å². The van der Waals surface area contributed by atoms with Crippen molar-refractivity contribution in [3.05, 3.63) is 58.8 Å². The lowest BCUT2D eigenvalue weighted by Crippen LogP contribution is -2.47. The standard InChI is InChI=1S/C21H33BrOSi/c1-16(2)24(17(3)4,18(5)6)23-19(7)12-8-9-13-20-14-10-11-15-21(20)22/h8,10-12,14-18H,7,9,13H2,1-6H3/b12-8+. The minimum absolute atomic E-state index is 0.572. The van der Waals surface area contributed by atoms with Gasteiger partial charge in [-0.2, -0.15) is 0 Å². The highest BCUT2D eigenvalue weighted by Gasteiger charge is 2.46. The lowest BCUT2D eigenvalue weighted by atomic mass is 10.1. The van der Waals surface area contributed by atoms with Gasteiger partial charge in [-0.3, -0.25) is 0 Å². The van der Waals surface area contributed by atoms with Crippen LogP contribution in [-0.2, 0) is 10.8 Å². The number of hydrogen-bond donors (Lipinski definition) is 0. The fraction of sp³-hybridized carbons (Fsp3) is 0.524. The van der Waals surface area contributed by atoms with Crippen LogP contribution in [0.4, 0.5) is 0 Å². The zero-order valence-corrected chi connectivity index (χ0v) is 18.7. The van der Waals surface area contributed by atoms with Crippen LogP contribution < -0.4 is 0 Å². The smallest absolute Gasteiger partial charge is 0.258 e. The van der Waals surface area contributed by atoms with E-state index in [1.807, 2.05) is 6.07 Å². The summed E-state index contributed by atoms with van der Waals surface area (Å²) >= 11 is 3.60. The van der Waals surface area contributed by atoms with Gasteiger partial charge >= 0.3 is 0 Å². The molecule has 0 aromatic heterocycles.